The summed E-state index contributed by atoms with van der Waals surface area (Å²) in [7, 11) is 0. The molecule has 0 aliphatic rings. The Labute approximate surface area is 115 Å². The molecule has 0 fully saturated rings. The number of amides is 1. The lowest BCUT2D eigenvalue weighted by Crippen LogP contribution is -2.20. The molecule has 0 bridgehead atoms. The van der Waals surface area contributed by atoms with E-state index in [9.17, 15) is 9.18 Å². The molecule has 0 saturated carbocycles. The Morgan fingerprint density at radius 3 is 2.60 bits per heavy atom. The van der Waals surface area contributed by atoms with Crippen molar-refractivity contribution in [3.63, 3.8) is 0 Å². The van der Waals surface area contributed by atoms with E-state index in [1.807, 2.05) is 6.07 Å². The van der Waals surface area contributed by atoms with Crippen LogP contribution in [0.5, 0.6) is 5.75 Å². The first-order chi connectivity index (χ1) is 9.69. The summed E-state index contributed by atoms with van der Waals surface area (Å²) in [4.78, 5) is 11.7. The third kappa shape index (κ3) is 3.56. The number of carbonyl (C=O) groups is 1. The van der Waals surface area contributed by atoms with Crippen LogP contribution in [0, 0.1) is 17.1 Å². The third-order valence-corrected chi connectivity index (χ3v) is 2.49. The Balaban J connectivity index is 1.92. The molecule has 0 saturated heterocycles. The van der Waals surface area contributed by atoms with Gasteiger partial charge >= 0.3 is 0 Å². The number of halogens is 1. The number of para-hydroxylation sites is 1. The molecule has 0 radical (unpaired) electrons. The lowest BCUT2D eigenvalue weighted by atomic mass is 10.2. The molecule has 1 N–H and O–H groups in total. The summed E-state index contributed by atoms with van der Waals surface area (Å²) < 4.78 is 18.0. The predicted octanol–water partition coefficient (Wildman–Crippen LogP) is 2.71. The second-order valence-corrected chi connectivity index (χ2v) is 3.95. The highest BCUT2D eigenvalue weighted by molar-refractivity contribution is 5.91. The first-order valence-corrected chi connectivity index (χ1v) is 5.86. The zero-order valence-electron chi connectivity index (χ0n) is 10.5. The summed E-state index contributed by atoms with van der Waals surface area (Å²) in [6.07, 6.45) is 0. The Morgan fingerprint density at radius 1 is 1.20 bits per heavy atom. The Kier molecular flexibility index (Phi) is 4.30. The maximum Gasteiger partial charge on any atom is 0.262 e. The summed E-state index contributed by atoms with van der Waals surface area (Å²) in [5.41, 5.74) is 0.843. The van der Waals surface area contributed by atoms with E-state index in [-0.39, 0.29) is 18.3 Å². The zero-order chi connectivity index (χ0) is 14.4. The van der Waals surface area contributed by atoms with Crippen LogP contribution in [0.3, 0.4) is 0 Å². The number of ether oxygens (including phenoxy) is 1. The van der Waals surface area contributed by atoms with Crippen LogP contribution >= 0.6 is 0 Å². The fraction of sp³-hybridized carbons (Fsp3) is 0.0667. The maximum atomic E-state index is 12.7. The van der Waals surface area contributed by atoms with E-state index < -0.39 is 0 Å². The lowest BCUT2D eigenvalue weighted by Gasteiger charge is -2.08. The molecule has 0 spiro atoms. The number of anilines is 1. The molecule has 0 atom stereocenters. The first-order valence-electron chi connectivity index (χ1n) is 5.86. The molecule has 1 amide bonds. The van der Waals surface area contributed by atoms with Gasteiger partial charge in [-0.15, -0.1) is 0 Å². The molecule has 2 aromatic carbocycles. The average Bonchev–Trinajstić information content (AvgIpc) is 2.48. The van der Waals surface area contributed by atoms with E-state index in [1.165, 1.54) is 24.3 Å². The van der Waals surface area contributed by atoms with E-state index in [4.69, 9.17) is 10.00 Å². The molecule has 5 heteroatoms. The number of carbonyl (C=O) groups excluding carboxylic acids is 1. The van der Waals surface area contributed by atoms with Crippen molar-refractivity contribution in [2.24, 2.45) is 0 Å². The Morgan fingerprint density at radius 2 is 1.90 bits per heavy atom. The van der Waals surface area contributed by atoms with Crippen molar-refractivity contribution in [3.8, 4) is 11.8 Å². The van der Waals surface area contributed by atoms with E-state index in [0.29, 0.717) is 17.0 Å². The Bertz CT molecular complexity index is 648. The summed E-state index contributed by atoms with van der Waals surface area (Å²) in [5.74, 6) is -0.407. The molecule has 2 rings (SSSR count). The smallest absolute Gasteiger partial charge is 0.262 e. The van der Waals surface area contributed by atoms with Gasteiger partial charge in [-0.1, -0.05) is 12.1 Å². The van der Waals surface area contributed by atoms with Crippen molar-refractivity contribution in [2.75, 3.05) is 11.9 Å². The number of hydrogen-bond acceptors (Lipinski definition) is 3. The van der Waals surface area contributed by atoms with E-state index >= 15 is 0 Å². The largest absolute Gasteiger partial charge is 0.482 e. The molecule has 0 aliphatic carbocycles. The SMILES string of the molecule is N#Cc1ccccc1OCC(=O)Nc1ccc(F)cc1. The normalized spacial score (nSPS) is 9.60. The van der Waals surface area contributed by atoms with Gasteiger partial charge in [0.1, 0.15) is 17.6 Å². The lowest BCUT2D eigenvalue weighted by molar-refractivity contribution is -0.118. The minimum Gasteiger partial charge on any atom is -0.482 e. The highest BCUT2D eigenvalue weighted by atomic mass is 19.1. The summed E-state index contributed by atoms with van der Waals surface area (Å²) in [6, 6.07) is 14.0. The first kappa shape index (κ1) is 13.6. The van der Waals surface area contributed by atoms with Crippen molar-refractivity contribution < 1.29 is 13.9 Å². The fourth-order valence-corrected chi connectivity index (χ4v) is 1.56. The predicted molar refractivity (Wildman–Crippen MR) is 71.7 cm³/mol. The van der Waals surface area contributed by atoms with E-state index in [2.05, 4.69) is 5.32 Å². The minimum absolute atomic E-state index is 0.226. The van der Waals surface area contributed by atoms with Crippen molar-refractivity contribution >= 4 is 11.6 Å². The van der Waals surface area contributed by atoms with Gasteiger partial charge in [0.15, 0.2) is 6.61 Å². The molecule has 20 heavy (non-hydrogen) atoms. The monoisotopic (exact) mass is 270 g/mol. The van der Waals surface area contributed by atoms with Crippen molar-refractivity contribution in [3.05, 3.63) is 59.9 Å². The number of nitrogens with one attached hydrogen (secondary N) is 1. The summed E-state index contributed by atoms with van der Waals surface area (Å²) in [6.45, 7) is -0.226. The fourth-order valence-electron chi connectivity index (χ4n) is 1.56. The van der Waals surface area contributed by atoms with Crippen LogP contribution in [0.1, 0.15) is 5.56 Å². The van der Waals surface area contributed by atoms with E-state index in [0.717, 1.165) is 0 Å². The highest BCUT2D eigenvalue weighted by Gasteiger charge is 2.06. The van der Waals surface area contributed by atoms with E-state index in [1.54, 1.807) is 24.3 Å². The van der Waals surface area contributed by atoms with Gasteiger partial charge in [0.25, 0.3) is 5.91 Å². The van der Waals surface area contributed by atoms with Crippen LogP contribution in [0.25, 0.3) is 0 Å². The van der Waals surface area contributed by atoms with Crippen molar-refractivity contribution in [2.45, 2.75) is 0 Å². The average molecular weight is 270 g/mol. The number of nitriles is 1. The number of benzene rings is 2. The number of nitrogens with zero attached hydrogens (tertiary/aromatic N) is 1. The molecule has 0 unspecified atom stereocenters. The standard InChI is InChI=1S/C15H11FN2O2/c16-12-5-7-13(8-6-12)18-15(19)10-20-14-4-2-1-3-11(14)9-17/h1-8H,10H2,(H,18,19). The van der Waals surface area contributed by atoms with Gasteiger partial charge in [-0.25, -0.2) is 4.39 Å². The molecule has 0 aromatic heterocycles. The van der Waals surface area contributed by atoms with Gasteiger partial charge in [-0.05, 0) is 36.4 Å². The van der Waals surface area contributed by atoms with Crippen LogP contribution in [-0.2, 0) is 4.79 Å². The number of rotatable bonds is 4. The van der Waals surface area contributed by atoms with Crippen LogP contribution in [0.15, 0.2) is 48.5 Å². The van der Waals surface area contributed by atoms with Crippen LogP contribution in [-0.4, -0.2) is 12.5 Å². The molecule has 0 heterocycles. The van der Waals surface area contributed by atoms with Crippen molar-refractivity contribution in [1.82, 2.24) is 0 Å². The maximum absolute atomic E-state index is 12.7. The van der Waals surface area contributed by atoms with Gasteiger partial charge in [0, 0.05) is 5.69 Å². The van der Waals surface area contributed by atoms with Crippen LogP contribution in [0.4, 0.5) is 10.1 Å². The van der Waals surface area contributed by atoms with Gasteiger partial charge in [0.05, 0.1) is 5.56 Å². The second kappa shape index (κ2) is 6.34. The molecular formula is C15H11FN2O2. The van der Waals surface area contributed by atoms with Gasteiger partial charge < -0.3 is 10.1 Å². The number of hydrogen-bond donors (Lipinski definition) is 1. The second-order valence-electron chi connectivity index (χ2n) is 3.95. The van der Waals surface area contributed by atoms with Gasteiger partial charge in [-0.3, -0.25) is 4.79 Å². The summed E-state index contributed by atoms with van der Waals surface area (Å²) in [5, 5.41) is 11.4. The minimum atomic E-state index is -0.385. The Hall–Kier alpha value is -2.87. The molecule has 100 valence electrons. The molecule has 4 nitrogen and oxygen atoms in total. The topological polar surface area (TPSA) is 62.1 Å². The van der Waals surface area contributed by atoms with Crippen LogP contribution < -0.4 is 10.1 Å². The third-order valence-electron chi connectivity index (χ3n) is 2.49. The van der Waals surface area contributed by atoms with Gasteiger partial charge in [-0.2, -0.15) is 5.26 Å². The highest BCUT2D eigenvalue weighted by Crippen LogP contribution is 2.16. The summed E-state index contributed by atoms with van der Waals surface area (Å²) >= 11 is 0. The van der Waals surface area contributed by atoms with Crippen LogP contribution in [0.2, 0.25) is 0 Å². The molecule has 2 aromatic rings. The van der Waals surface area contributed by atoms with Crippen molar-refractivity contribution in [1.29, 1.82) is 5.26 Å². The van der Waals surface area contributed by atoms with Gasteiger partial charge in [0.2, 0.25) is 0 Å². The zero-order valence-corrected chi connectivity index (χ0v) is 10.5. The quantitative estimate of drug-likeness (QED) is 0.929. The molecule has 0 aliphatic heterocycles. The molecular weight excluding hydrogens is 259 g/mol.